The molecule has 4 amide bonds. The summed E-state index contributed by atoms with van der Waals surface area (Å²) in [6.45, 7) is 2.77. The van der Waals surface area contributed by atoms with Gasteiger partial charge >= 0.3 is 12.1 Å². The molecule has 3 aromatic rings. The van der Waals surface area contributed by atoms with Crippen LogP contribution in [0.5, 0.6) is 0 Å². The maximum atomic E-state index is 14.0. The van der Waals surface area contributed by atoms with E-state index in [0.717, 1.165) is 5.56 Å². The number of ether oxygens (including phenoxy) is 2. The first-order valence-electron chi connectivity index (χ1n) is 14.0. The molecule has 44 heavy (non-hydrogen) atoms. The molecule has 0 unspecified atom stereocenters. The van der Waals surface area contributed by atoms with E-state index in [0.29, 0.717) is 12.0 Å². The van der Waals surface area contributed by atoms with Crippen LogP contribution in [-0.4, -0.2) is 61.0 Å². The lowest BCUT2D eigenvalue weighted by Crippen LogP contribution is -2.60. The molecule has 1 heterocycles. The topological polar surface area (TPSA) is 165 Å². The highest BCUT2D eigenvalue weighted by Gasteiger charge is 2.45. The Hall–Kier alpha value is -5.26. The lowest BCUT2D eigenvalue weighted by Gasteiger charge is -2.33. The van der Waals surface area contributed by atoms with Crippen LogP contribution in [0.15, 0.2) is 85.1 Å². The van der Waals surface area contributed by atoms with E-state index >= 15 is 0 Å². The molecule has 2 aromatic carbocycles. The van der Waals surface area contributed by atoms with Gasteiger partial charge in [0.2, 0.25) is 11.8 Å². The summed E-state index contributed by atoms with van der Waals surface area (Å²) >= 11 is 0. The number of pyridine rings is 1. The van der Waals surface area contributed by atoms with Crippen molar-refractivity contribution in [2.75, 3.05) is 20.2 Å². The van der Waals surface area contributed by atoms with E-state index in [1.54, 1.807) is 60.7 Å². The summed E-state index contributed by atoms with van der Waals surface area (Å²) in [7, 11) is 1.23. The molecule has 232 valence electrons. The van der Waals surface area contributed by atoms with Crippen molar-refractivity contribution in [1.29, 1.82) is 0 Å². The zero-order valence-corrected chi connectivity index (χ0v) is 24.9. The Labute approximate surface area is 255 Å². The van der Waals surface area contributed by atoms with Crippen LogP contribution in [-0.2, 0) is 40.8 Å². The Balaban J connectivity index is 1.80. The first-order chi connectivity index (χ1) is 21.1. The highest BCUT2D eigenvalue weighted by atomic mass is 16.5. The first kappa shape index (κ1) is 33.2. The molecule has 2 atom stereocenters. The number of methoxy groups -OCH3 is 1. The van der Waals surface area contributed by atoms with Gasteiger partial charge in [-0.2, -0.15) is 0 Å². The second kappa shape index (κ2) is 16.4. The van der Waals surface area contributed by atoms with Crippen molar-refractivity contribution >= 4 is 29.8 Å². The van der Waals surface area contributed by atoms with Crippen LogP contribution in [0, 0.1) is 5.92 Å². The fraction of sp³-hybridized carbons (Fsp3) is 0.312. The largest absolute Gasteiger partial charge is 0.467 e. The zero-order valence-electron chi connectivity index (χ0n) is 24.9. The van der Waals surface area contributed by atoms with E-state index in [9.17, 15) is 24.0 Å². The number of hydrogen-bond acceptors (Lipinski definition) is 8. The molecule has 0 saturated carbocycles. The number of carbonyl (C=O) groups excluding carboxylic acids is 5. The summed E-state index contributed by atoms with van der Waals surface area (Å²) < 4.78 is 9.97. The average molecular weight is 604 g/mol. The molecular weight excluding hydrogens is 566 g/mol. The van der Waals surface area contributed by atoms with E-state index in [1.165, 1.54) is 13.3 Å². The van der Waals surface area contributed by atoms with Crippen molar-refractivity contribution < 1.29 is 33.4 Å². The molecule has 12 nitrogen and oxygen atoms in total. The van der Waals surface area contributed by atoms with Crippen LogP contribution in [0.2, 0.25) is 0 Å². The van der Waals surface area contributed by atoms with Crippen molar-refractivity contribution in [3.8, 4) is 0 Å². The Kier molecular flexibility index (Phi) is 12.4. The monoisotopic (exact) mass is 603 g/mol. The minimum atomic E-state index is -1.89. The average Bonchev–Trinajstić information content (AvgIpc) is 3.04. The maximum absolute atomic E-state index is 14.0. The number of nitrogens with one attached hydrogen (secondary N) is 4. The van der Waals surface area contributed by atoms with Crippen molar-refractivity contribution in [2.45, 2.75) is 38.5 Å². The third-order valence-corrected chi connectivity index (χ3v) is 6.47. The van der Waals surface area contributed by atoms with Crippen molar-refractivity contribution in [3.05, 3.63) is 102 Å². The third kappa shape index (κ3) is 9.38. The normalized spacial score (nSPS) is 12.6. The molecule has 3 rings (SSSR count). The Morgan fingerprint density at radius 1 is 0.818 bits per heavy atom. The van der Waals surface area contributed by atoms with E-state index in [2.05, 4.69) is 26.3 Å². The molecule has 0 fully saturated rings. The maximum Gasteiger partial charge on any atom is 0.407 e. The molecule has 0 radical (unpaired) electrons. The molecule has 4 N–H and O–H groups in total. The van der Waals surface area contributed by atoms with Gasteiger partial charge in [-0.05, 0) is 35.6 Å². The molecule has 0 aliphatic rings. The van der Waals surface area contributed by atoms with Gasteiger partial charge in [-0.25, -0.2) is 9.59 Å². The number of esters is 1. The highest BCUT2D eigenvalue weighted by Crippen LogP contribution is 2.29. The van der Waals surface area contributed by atoms with E-state index in [1.807, 2.05) is 32.0 Å². The fourth-order valence-corrected chi connectivity index (χ4v) is 4.41. The number of amides is 4. The van der Waals surface area contributed by atoms with Gasteiger partial charge in [-0.15, -0.1) is 0 Å². The van der Waals surface area contributed by atoms with Gasteiger partial charge in [0.15, 0.2) is 5.54 Å². The van der Waals surface area contributed by atoms with Gasteiger partial charge in [0, 0.05) is 6.20 Å². The molecule has 1 aromatic heterocycles. The summed E-state index contributed by atoms with van der Waals surface area (Å²) in [6, 6.07) is 21.4. The van der Waals surface area contributed by atoms with E-state index in [-0.39, 0.29) is 18.2 Å². The lowest BCUT2D eigenvalue weighted by atomic mass is 9.84. The van der Waals surface area contributed by atoms with Crippen LogP contribution in [0.3, 0.4) is 0 Å². The number of aromatic nitrogens is 1. The van der Waals surface area contributed by atoms with Crippen LogP contribution < -0.4 is 21.3 Å². The Bertz CT molecular complexity index is 1360. The van der Waals surface area contributed by atoms with E-state index < -0.39 is 54.5 Å². The number of carbonyl (C=O) groups is 5. The molecule has 0 spiro atoms. The van der Waals surface area contributed by atoms with Crippen LogP contribution in [0.4, 0.5) is 4.79 Å². The minimum absolute atomic E-state index is 0.00859. The summed E-state index contributed by atoms with van der Waals surface area (Å²) in [4.78, 5) is 68.9. The fourth-order valence-electron chi connectivity index (χ4n) is 4.41. The smallest absolute Gasteiger partial charge is 0.407 e. The van der Waals surface area contributed by atoms with Gasteiger partial charge < -0.3 is 30.7 Å². The van der Waals surface area contributed by atoms with Crippen LogP contribution in [0.1, 0.15) is 37.1 Å². The van der Waals surface area contributed by atoms with Gasteiger partial charge in [0.1, 0.15) is 19.2 Å². The number of alkyl carbamates (subject to hydrolysis) is 1. The number of hydrogen-bond donors (Lipinski definition) is 4. The quantitative estimate of drug-likeness (QED) is 0.204. The van der Waals surface area contributed by atoms with Crippen molar-refractivity contribution in [2.24, 2.45) is 5.92 Å². The summed E-state index contributed by atoms with van der Waals surface area (Å²) in [5.74, 6) is -2.64. The zero-order chi connectivity index (χ0) is 32.0. The second-order valence-electron chi connectivity index (χ2n) is 10.2. The van der Waals surface area contributed by atoms with Crippen LogP contribution in [0.25, 0.3) is 0 Å². The summed E-state index contributed by atoms with van der Waals surface area (Å²) in [5, 5.41) is 10.3. The van der Waals surface area contributed by atoms with Crippen molar-refractivity contribution in [3.63, 3.8) is 0 Å². The van der Waals surface area contributed by atoms with Gasteiger partial charge in [-0.3, -0.25) is 19.4 Å². The standard InChI is InChI=1S/C32H37N5O7/c1-22(2)18-25(29(40)43-3)36-27(38)19-34-30(41)32(24-14-8-5-9-15-24,26-16-10-11-17-33-26)37-28(39)20-35-31(42)44-21-23-12-6-4-7-13-23/h4-17,22,25H,18-21H2,1-3H3,(H,34,41)(H,35,42)(H,36,38)(H,37,39)/t25-,32+/m0/s1. The Morgan fingerprint density at radius 2 is 1.45 bits per heavy atom. The molecule has 12 heteroatoms. The van der Waals surface area contributed by atoms with E-state index in [4.69, 9.17) is 9.47 Å². The van der Waals surface area contributed by atoms with Gasteiger partial charge in [0.05, 0.1) is 19.3 Å². The SMILES string of the molecule is COC(=O)[C@H](CC(C)C)NC(=O)CNC(=O)[C@@](NC(=O)CNC(=O)OCc1ccccc1)(c1ccccc1)c1ccccn1. The Morgan fingerprint density at radius 3 is 2.07 bits per heavy atom. The summed E-state index contributed by atoms with van der Waals surface area (Å²) in [5.41, 5.74) is -0.608. The van der Waals surface area contributed by atoms with Gasteiger partial charge in [-0.1, -0.05) is 80.6 Å². The molecule has 0 bridgehead atoms. The second-order valence-corrected chi connectivity index (χ2v) is 10.2. The highest BCUT2D eigenvalue weighted by molar-refractivity contribution is 5.98. The van der Waals surface area contributed by atoms with Crippen molar-refractivity contribution in [1.82, 2.24) is 26.3 Å². The van der Waals surface area contributed by atoms with Crippen LogP contribution >= 0.6 is 0 Å². The molecule has 0 saturated heterocycles. The number of benzene rings is 2. The first-order valence-corrected chi connectivity index (χ1v) is 14.0. The number of rotatable bonds is 14. The molecular formula is C32H37N5O7. The lowest BCUT2D eigenvalue weighted by molar-refractivity contribution is -0.145. The molecule has 0 aliphatic carbocycles. The third-order valence-electron chi connectivity index (χ3n) is 6.47. The molecule has 0 aliphatic heterocycles. The predicted molar refractivity (Wildman–Crippen MR) is 161 cm³/mol. The number of nitrogens with zero attached hydrogens (tertiary/aromatic N) is 1. The minimum Gasteiger partial charge on any atom is -0.467 e. The van der Waals surface area contributed by atoms with Gasteiger partial charge in [0.25, 0.3) is 5.91 Å². The predicted octanol–water partition coefficient (Wildman–Crippen LogP) is 2.19. The summed E-state index contributed by atoms with van der Waals surface area (Å²) in [6.07, 6.45) is 0.978.